The second kappa shape index (κ2) is 3.20. The molecule has 2 aliphatic heterocycles. The van der Waals surface area contributed by atoms with E-state index in [-0.39, 0.29) is 17.9 Å². The normalized spacial score (nSPS) is 41.8. The predicted octanol–water partition coefficient (Wildman–Crippen LogP) is -0.0753. The van der Waals surface area contributed by atoms with Gasteiger partial charge in [-0.3, -0.25) is 10.1 Å². The van der Waals surface area contributed by atoms with Crippen molar-refractivity contribution in [3.8, 4) is 0 Å². The molecule has 0 radical (unpaired) electrons. The SMILES string of the molecule is C[C@@H]1CN(C)[C@@H](C)C[C@@]12NC(=O)NC2=O. The highest BCUT2D eigenvalue weighted by Gasteiger charge is 2.53. The summed E-state index contributed by atoms with van der Waals surface area (Å²) in [6, 6.07) is -0.0473. The third kappa shape index (κ3) is 1.42. The van der Waals surface area contributed by atoms with Crippen molar-refractivity contribution < 1.29 is 9.59 Å². The molecule has 84 valence electrons. The molecule has 2 rings (SSSR count). The number of hydrogen-bond acceptors (Lipinski definition) is 3. The summed E-state index contributed by atoms with van der Waals surface area (Å²) in [5.41, 5.74) is -0.678. The van der Waals surface area contributed by atoms with Gasteiger partial charge in [-0.15, -0.1) is 0 Å². The van der Waals surface area contributed by atoms with Crippen molar-refractivity contribution in [3.63, 3.8) is 0 Å². The van der Waals surface area contributed by atoms with E-state index in [0.717, 1.165) is 6.54 Å². The molecule has 0 aromatic rings. The van der Waals surface area contributed by atoms with Crippen molar-refractivity contribution >= 4 is 11.9 Å². The molecule has 0 unspecified atom stereocenters. The van der Waals surface area contributed by atoms with Crippen LogP contribution in [0.5, 0.6) is 0 Å². The molecular weight excluding hydrogens is 194 g/mol. The Bertz CT molecular complexity index is 318. The molecule has 0 aromatic heterocycles. The van der Waals surface area contributed by atoms with Gasteiger partial charge in [0, 0.05) is 18.5 Å². The van der Waals surface area contributed by atoms with Gasteiger partial charge >= 0.3 is 6.03 Å². The molecule has 2 fully saturated rings. The van der Waals surface area contributed by atoms with E-state index in [4.69, 9.17) is 0 Å². The third-order valence-electron chi connectivity index (χ3n) is 3.74. The van der Waals surface area contributed by atoms with E-state index in [2.05, 4.69) is 22.5 Å². The quantitative estimate of drug-likeness (QED) is 0.551. The van der Waals surface area contributed by atoms with Gasteiger partial charge in [0.25, 0.3) is 5.91 Å². The number of likely N-dealkylation sites (tertiary alicyclic amines) is 1. The number of nitrogens with one attached hydrogen (secondary N) is 2. The van der Waals surface area contributed by atoms with Crippen LogP contribution in [0.15, 0.2) is 0 Å². The summed E-state index contributed by atoms with van der Waals surface area (Å²) in [4.78, 5) is 25.2. The topological polar surface area (TPSA) is 61.4 Å². The smallest absolute Gasteiger partial charge is 0.322 e. The second-order valence-electron chi connectivity index (χ2n) is 4.77. The van der Waals surface area contributed by atoms with Gasteiger partial charge in [0.15, 0.2) is 0 Å². The maximum absolute atomic E-state index is 11.8. The number of piperidine rings is 1. The van der Waals surface area contributed by atoms with Gasteiger partial charge in [0.1, 0.15) is 5.54 Å². The fraction of sp³-hybridized carbons (Fsp3) is 0.800. The zero-order valence-electron chi connectivity index (χ0n) is 9.33. The number of amides is 3. The van der Waals surface area contributed by atoms with Crippen molar-refractivity contribution in [1.29, 1.82) is 0 Å². The Kier molecular flexibility index (Phi) is 2.22. The van der Waals surface area contributed by atoms with Crippen molar-refractivity contribution in [3.05, 3.63) is 0 Å². The first-order chi connectivity index (χ1) is 6.95. The number of nitrogens with zero attached hydrogens (tertiary/aromatic N) is 1. The lowest BCUT2D eigenvalue weighted by Gasteiger charge is -2.44. The van der Waals surface area contributed by atoms with Crippen LogP contribution in [0.25, 0.3) is 0 Å². The minimum Gasteiger partial charge on any atom is -0.323 e. The Labute approximate surface area is 89.2 Å². The van der Waals surface area contributed by atoms with E-state index in [0.29, 0.717) is 12.5 Å². The monoisotopic (exact) mass is 211 g/mol. The number of carbonyl (C=O) groups is 2. The van der Waals surface area contributed by atoms with Gasteiger partial charge in [0.05, 0.1) is 0 Å². The number of urea groups is 1. The highest BCUT2D eigenvalue weighted by molar-refractivity contribution is 6.07. The van der Waals surface area contributed by atoms with Crippen molar-refractivity contribution in [2.75, 3.05) is 13.6 Å². The first-order valence-corrected chi connectivity index (χ1v) is 5.29. The molecule has 0 aliphatic carbocycles. The number of rotatable bonds is 0. The molecule has 2 aliphatic rings. The van der Waals surface area contributed by atoms with Crippen molar-refractivity contribution in [1.82, 2.24) is 15.5 Å². The molecule has 5 nitrogen and oxygen atoms in total. The minimum atomic E-state index is -0.678. The fourth-order valence-electron chi connectivity index (χ4n) is 2.59. The molecule has 2 heterocycles. The largest absolute Gasteiger partial charge is 0.323 e. The van der Waals surface area contributed by atoms with E-state index >= 15 is 0 Å². The van der Waals surface area contributed by atoms with Crippen LogP contribution in [0, 0.1) is 5.92 Å². The van der Waals surface area contributed by atoms with Crippen LogP contribution in [-0.2, 0) is 4.79 Å². The van der Waals surface area contributed by atoms with Crippen molar-refractivity contribution in [2.45, 2.75) is 31.8 Å². The summed E-state index contributed by atoms with van der Waals surface area (Å²) in [7, 11) is 2.04. The second-order valence-corrected chi connectivity index (χ2v) is 4.77. The summed E-state index contributed by atoms with van der Waals surface area (Å²) in [6.07, 6.45) is 0.683. The van der Waals surface area contributed by atoms with Crippen LogP contribution >= 0.6 is 0 Å². The van der Waals surface area contributed by atoms with Crippen LogP contribution in [0.4, 0.5) is 4.79 Å². The average molecular weight is 211 g/mol. The minimum absolute atomic E-state index is 0.144. The molecule has 15 heavy (non-hydrogen) atoms. The number of carbonyl (C=O) groups excluding carboxylic acids is 2. The van der Waals surface area contributed by atoms with Gasteiger partial charge < -0.3 is 10.2 Å². The summed E-state index contributed by atoms with van der Waals surface area (Å²) < 4.78 is 0. The molecule has 3 amide bonds. The van der Waals surface area contributed by atoms with Gasteiger partial charge in [-0.25, -0.2) is 4.79 Å². The van der Waals surface area contributed by atoms with E-state index in [9.17, 15) is 9.59 Å². The molecular formula is C10H17N3O2. The first-order valence-electron chi connectivity index (χ1n) is 5.29. The molecule has 0 saturated carbocycles. The van der Waals surface area contributed by atoms with Crippen LogP contribution in [-0.4, -0.2) is 42.0 Å². The Balaban J connectivity index is 2.27. The van der Waals surface area contributed by atoms with Gasteiger partial charge in [-0.1, -0.05) is 6.92 Å². The Morgan fingerprint density at radius 2 is 2.07 bits per heavy atom. The summed E-state index contributed by atoms with van der Waals surface area (Å²) >= 11 is 0. The lowest BCUT2D eigenvalue weighted by Crippen LogP contribution is -2.62. The van der Waals surface area contributed by atoms with E-state index in [1.165, 1.54) is 0 Å². The van der Waals surface area contributed by atoms with Crippen LogP contribution in [0.2, 0.25) is 0 Å². The third-order valence-corrected chi connectivity index (χ3v) is 3.74. The van der Waals surface area contributed by atoms with E-state index < -0.39 is 5.54 Å². The maximum Gasteiger partial charge on any atom is 0.322 e. The van der Waals surface area contributed by atoms with Gasteiger partial charge in [0.2, 0.25) is 0 Å². The molecule has 2 saturated heterocycles. The average Bonchev–Trinajstić information content (AvgIpc) is 2.40. The van der Waals surface area contributed by atoms with E-state index in [1.807, 2.05) is 14.0 Å². The first kappa shape index (κ1) is 10.4. The predicted molar refractivity (Wildman–Crippen MR) is 55.3 cm³/mol. The molecule has 5 heteroatoms. The fourth-order valence-corrected chi connectivity index (χ4v) is 2.59. The molecule has 1 spiro atoms. The molecule has 3 atom stereocenters. The number of imide groups is 1. The molecule has 0 bridgehead atoms. The Morgan fingerprint density at radius 1 is 1.40 bits per heavy atom. The van der Waals surface area contributed by atoms with Crippen LogP contribution in [0.3, 0.4) is 0 Å². The lowest BCUT2D eigenvalue weighted by atomic mass is 9.76. The zero-order valence-corrected chi connectivity index (χ0v) is 9.33. The number of hydrogen-bond donors (Lipinski definition) is 2. The highest BCUT2D eigenvalue weighted by atomic mass is 16.2. The Hall–Kier alpha value is -1.10. The van der Waals surface area contributed by atoms with Gasteiger partial charge in [-0.05, 0) is 20.4 Å². The van der Waals surface area contributed by atoms with Gasteiger partial charge in [-0.2, -0.15) is 0 Å². The molecule has 0 aromatic carbocycles. The lowest BCUT2D eigenvalue weighted by molar-refractivity contribution is -0.128. The maximum atomic E-state index is 11.8. The summed E-state index contributed by atoms with van der Waals surface area (Å²) in [5, 5.41) is 5.13. The molecule has 2 N–H and O–H groups in total. The zero-order chi connectivity index (χ0) is 11.2. The van der Waals surface area contributed by atoms with Crippen LogP contribution in [0.1, 0.15) is 20.3 Å². The summed E-state index contributed by atoms with van der Waals surface area (Å²) in [6.45, 7) is 4.91. The Morgan fingerprint density at radius 3 is 2.60 bits per heavy atom. The van der Waals surface area contributed by atoms with Crippen molar-refractivity contribution in [2.24, 2.45) is 5.92 Å². The van der Waals surface area contributed by atoms with Crippen LogP contribution < -0.4 is 10.6 Å². The summed E-state index contributed by atoms with van der Waals surface area (Å²) in [5.74, 6) is -0.0231. The van der Waals surface area contributed by atoms with E-state index in [1.54, 1.807) is 0 Å². The standard InChI is InChI=1S/C10H17N3O2/c1-6-5-13(3)7(2)4-10(6)8(14)11-9(15)12-10/h6-7H,4-5H2,1-3H3,(H2,11,12,14,15)/t6-,7+,10-/m1/s1. The highest BCUT2D eigenvalue weighted by Crippen LogP contribution is 2.33.